The van der Waals surface area contributed by atoms with Crippen LogP contribution in [-0.2, 0) is 0 Å². The summed E-state index contributed by atoms with van der Waals surface area (Å²) in [6.07, 6.45) is 4.17. The Balaban J connectivity index is 1.87. The molecule has 0 bridgehead atoms. The number of hydrogen-bond acceptors (Lipinski definition) is 7. The SMILES string of the molecule is CCNc1nc(Sc2ccccn2)nc(N2CCCC2)n1. The quantitative estimate of drug-likeness (QED) is 0.910. The number of nitrogens with zero attached hydrogens (tertiary/aromatic N) is 5. The van der Waals surface area contributed by atoms with Gasteiger partial charge >= 0.3 is 0 Å². The molecule has 0 aliphatic carbocycles. The van der Waals surface area contributed by atoms with Crippen molar-refractivity contribution >= 4 is 23.7 Å². The zero-order chi connectivity index (χ0) is 14.5. The highest BCUT2D eigenvalue weighted by atomic mass is 32.2. The molecule has 0 aromatic carbocycles. The van der Waals surface area contributed by atoms with Crippen LogP contribution >= 0.6 is 11.8 Å². The second-order valence-electron chi connectivity index (χ2n) is 4.74. The molecule has 0 atom stereocenters. The zero-order valence-corrected chi connectivity index (χ0v) is 12.8. The molecule has 1 aliphatic heterocycles. The standard InChI is InChI=1S/C14H18N6S/c1-2-15-12-17-13(20-9-5-6-10-20)19-14(18-12)21-11-7-3-4-8-16-11/h3-4,7-8H,2,5-6,9-10H2,1H3,(H,15,17,18,19). The molecule has 1 saturated heterocycles. The predicted molar refractivity (Wildman–Crippen MR) is 83.8 cm³/mol. The lowest BCUT2D eigenvalue weighted by molar-refractivity contribution is 0.825. The molecule has 1 aliphatic rings. The van der Waals surface area contributed by atoms with E-state index >= 15 is 0 Å². The highest BCUT2D eigenvalue weighted by Crippen LogP contribution is 2.25. The van der Waals surface area contributed by atoms with Crippen molar-refractivity contribution in [1.82, 2.24) is 19.9 Å². The Bertz CT molecular complexity index is 585. The Morgan fingerprint density at radius 2 is 2.05 bits per heavy atom. The summed E-state index contributed by atoms with van der Waals surface area (Å²) in [4.78, 5) is 20.1. The minimum atomic E-state index is 0.632. The summed E-state index contributed by atoms with van der Waals surface area (Å²) in [7, 11) is 0. The van der Waals surface area contributed by atoms with Gasteiger partial charge in [-0.25, -0.2) is 4.98 Å². The number of pyridine rings is 1. The summed E-state index contributed by atoms with van der Waals surface area (Å²) in [5.41, 5.74) is 0. The van der Waals surface area contributed by atoms with Gasteiger partial charge in [-0.3, -0.25) is 0 Å². The smallest absolute Gasteiger partial charge is 0.231 e. The molecule has 0 amide bonds. The van der Waals surface area contributed by atoms with E-state index in [9.17, 15) is 0 Å². The molecule has 0 spiro atoms. The van der Waals surface area contributed by atoms with Crippen molar-refractivity contribution in [1.29, 1.82) is 0 Å². The molecule has 3 heterocycles. The van der Waals surface area contributed by atoms with E-state index in [-0.39, 0.29) is 0 Å². The molecule has 21 heavy (non-hydrogen) atoms. The lowest BCUT2D eigenvalue weighted by atomic mass is 10.4. The maximum atomic E-state index is 4.58. The molecule has 6 nitrogen and oxygen atoms in total. The molecule has 2 aromatic heterocycles. The Labute approximate surface area is 128 Å². The number of nitrogens with one attached hydrogen (secondary N) is 1. The van der Waals surface area contributed by atoms with Gasteiger partial charge in [0.15, 0.2) is 0 Å². The van der Waals surface area contributed by atoms with E-state index in [1.165, 1.54) is 24.6 Å². The maximum absolute atomic E-state index is 4.58. The van der Waals surface area contributed by atoms with E-state index in [1.807, 2.05) is 25.1 Å². The van der Waals surface area contributed by atoms with Gasteiger partial charge in [-0.1, -0.05) is 6.07 Å². The van der Waals surface area contributed by atoms with Crippen molar-refractivity contribution < 1.29 is 0 Å². The van der Waals surface area contributed by atoms with E-state index in [0.29, 0.717) is 11.1 Å². The van der Waals surface area contributed by atoms with Crippen LogP contribution in [0.3, 0.4) is 0 Å². The number of anilines is 2. The summed E-state index contributed by atoms with van der Waals surface area (Å²) in [5, 5.41) is 4.74. The predicted octanol–water partition coefficient (Wildman–Crippen LogP) is 2.45. The molecule has 7 heteroatoms. The first-order valence-corrected chi connectivity index (χ1v) is 8.00. The van der Waals surface area contributed by atoms with Crippen molar-refractivity contribution in [3.8, 4) is 0 Å². The van der Waals surface area contributed by atoms with Crippen LogP contribution in [0.1, 0.15) is 19.8 Å². The van der Waals surface area contributed by atoms with Crippen LogP contribution in [0.5, 0.6) is 0 Å². The van der Waals surface area contributed by atoms with Crippen molar-refractivity contribution in [2.24, 2.45) is 0 Å². The molecule has 0 saturated carbocycles. The van der Waals surface area contributed by atoms with E-state index in [2.05, 4.69) is 30.2 Å². The highest BCUT2D eigenvalue weighted by Gasteiger charge is 2.17. The minimum Gasteiger partial charge on any atom is -0.354 e. The third kappa shape index (κ3) is 3.60. The first-order chi connectivity index (χ1) is 10.3. The first kappa shape index (κ1) is 14.1. The van der Waals surface area contributed by atoms with Crippen LogP contribution in [0, 0.1) is 0 Å². The van der Waals surface area contributed by atoms with Gasteiger partial charge in [0, 0.05) is 25.8 Å². The Kier molecular flexibility index (Phi) is 4.49. The Morgan fingerprint density at radius 1 is 1.19 bits per heavy atom. The Hall–Kier alpha value is -1.89. The van der Waals surface area contributed by atoms with Crippen LogP contribution in [-0.4, -0.2) is 39.6 Å². The van der Waals surface area contributed by atoms with E-state index in [4.69, 9.17) is 0 Å². The van der Waals surface area contributed by atoms with Gasteiger partial charge in [0.2, 0.25) is 17.1 Å². The van der Waals surface area contributed by atoms with Gasteiger partial charge in [-0.05, 0) is 43.7 Å². The van der Waals surface area contributed by atoms with Crippen LogP contribution in [0.25, 0.3) is 0 Å². The van der Waals surface area contributed by atoms with Gasteiger partial charge in [-0.2, -0.15) is 15.0 Å². The topological polar surface area (TPSA) is 66.8 Å². The molecule has 3 rings (SSSR count). The van der Waals surface area contributed by atoms with E-state index in [1.54, 1.807) is 6.20 Å². The van der Waals surface area contributed by atoms with Crippen LogP contribution in [0.15, 0.2) is 34.6 Å². The third-order valence-electron chi connectivity index (χ3n) is 3.16. The van der Waals surface area contributed by atoms with Gasteiger partial charge < -0.3 is 10.2 Å². The monoisotopic (exact) mass is 302 g/mol. The van der Waals surface area contributed by atoms with Crippen molar-refractivity contribution in [2.45, 2.75) is 29.9 Å². The van der Waals surface area contributed by atoms with Crippen LogP contribution in [0.2, 0.25) is 0 Å². The average Bonchev–Trinajstić information content (AvgIpc) is 3.03. The third-order valence-corrected chi connectivity index (χ3v) is 3.98. The van der Waals surface area contributed by atoms with Gasteiger partial charge in [0.25, 0.3) is 0 Å². The van der Waals surface area contributed by atoms with Crippen LogP contribution in [0.4, 0.5) is 11.9 Å². The van der Waals surface area contributed by atoms with Gasteiger partial charge in [0.05, 0.1) is 0 Å². The Morgan fingerprint density at radius 3 is 2.76 bits per heavy atom. The molecule has 0 unspecified atom stereocenters. The number of hydrogen-bond donors (Lipinski definition) is 1. The van der Waals surface area contributed by atoms with Crippen molar-refractivity contribution in [3.05, 3.63) is 24.4 Å². The number of aromatic nitrogens is 4. The minimum absolute atomic E-state index is 0.632. The lowest BCUT2D eigenvalue weighted by Gasteiger charge is -2.16. The fourth-order valence-corrected chi connectivity index (χ4v) is 2.89. The second-order valence-corrected chi connectivity index (χ2v) is 5.72. The van der Waals surface area contributed by atoms with Crippen molar-refractivity contribution in [2.75, 3.05) is 29.9 Å². The molecular formula is C14H18N6S. The largest absolute Gasteiger partial charge is 0.354 e. The van der Waals surface area contributed by atoms with Gasteiger partial charge in [0.1, 0.15) is 5.03 Å². The fraction of sp³-hybridized carbons (Fsp3) is 0.429. The number of rotatable bonds is 5. The zero-order valence-electron chi connectivity index (χ0n) is 12.0. The normalized spacial score (nSPS) is 14.4. The molecule has 110 valence electrons. The summed E-state index contributed by atoms with van der Waals surface area (Å²) < 4.78 is 0. The van der Waals surface area contributed by atoms with E-state index < -0.39 is 0 Å². The second kappa shape index (κ2) is 6.71. The maximum Gasteiger partial charge on any atom is 0.231 e. The summed E-state index contributed by atoms with van der Waals surface area (Å²) >= 11 is 1.46. The molecule has 1 fully saturated rings. The first-order valence-electron chi connectivity index (χ1n) is 7.19. The van der Waals surface area contributed by atoms with Crippen LogP contribution < -0.4 is 10.2 Å². The van der Waals surface area contributed by atoms with Crippen molar-refractivity contribution in [3.63, 3.8) is 0 Å². The van der Waals surface area contributed by atoms with Gasteiger partial charge in [-0.15, -0.1) is 0 Å². The molecule has 2 aromatic rings. The molecule has 0 radical (unpaired) electrons. The summed E-state index contributed by atoms with van der Waals surface area (Å²) in [6.45, 7) is 4.86. The van der Waals surface area contributed by atoms with E-state index in [0.717, 1.165) is 30.6 Å². The molecular weight excluding hydrogens is 284 g/mol. The highest BCUT2D eigenvalue weighted by molar-refractivity contribution is 7.99. The fourth-order valence-electron chi connectivity index (χ4n) is 2.19. The summed E-state index contributed by atoms with van der Waals surface area (Å²) in [5.74, 6) is 1.39. The molecule has 1 N–H and O–H groups in total. The average molecular weight is 302 g/mol. The lowest BCUT2D eigenvalue weighted by Crippen LogP contribution is -2.21. The summed E-state index contributed by atoms with van der Waals surface area (Å²) in [6, 6.07) is 5.82.